The fraction of sp³-hybridized carbons (Fsp3) is 0.364. The van der Waals surface area contributed by atoms with Crippen molar-refractivity contribution < 1.29 is 9.53 Å². The van der Waals surface area contributed by atoms with Gasteiger partial charge in [-0.25, -0.2) is 15.0 Å². The summed E-state index contributed by atoms with van der Waals surface area (Å²) in [5, 5.41) is 9.46. The monoisotopic (exact) mass is 468 g/mol. The molecule has 8 nitrogen and oxygen atoms in total. The molecule has 0 amide bonds. The van der Waals surface area contributed by atoms with Crippen LogP contribution in [-0.2, 0) is 22.4 Å². The number of fused-ring (bicyclic) bond motifs is 1. The standard InChI is InChI=1S/C22H21ClN6O2S/c1-12-28-20-19(17-8-15(17)11-31-2)14(10-25-22(20)32-12)7-16(30)5-13-6-18(23)21(24-9-13)29-26-3-4-27-29/h3-4,6,9-10,15,17H,5,7-8,11H2,1-2H3/t15-,17?/m0/s1. The fourth-order valence-electron chi connectivity index (χ4n) is 4.13. The van der Waals surface area contributed by atoms with Crippen molar-refractivity contribution in [2.75, 3.05) is 13.7 Å². The van der Waals surface area contributed by atoms with Crippen molar-refractivity contribution in [2.24, 2.45) is 5.92 Å². The van der Waals surface area contributed by atoms with Crippen molar-refractivity contribution in [2.45, 2.75) is 32.1 Å². The van der Waals surface area contributed by atoms with Crippen LogP contribution in [0.15, 0.2) is 30.9 Å². The number of ether oxygens (including phenoxy) is 1. The van der Waals surface area contributed by atoms with Gasteiger partial charge in [0.15, 0.2) is 5.82 Å². The predicted octanol–water partition coefficient (Wildman–Crippen LogP) is 3.73. The SMILES string of the molecule is COC[C@@H]1CC1c1c(CC(=O)Cc2cnc(-n3nccn3)c(Cl)c2)cnc2sc(C)nc12. The third-order valence-corrected chi connectivity index (χ3v) is 6.76. The maximum Gasteiger partial charge on any atom is 0.193 e. The molecule has 0 aliphatic heterocycles. The Kier molecular flexibility index (Phi) is 5.71. The Balaban J connectivity index is 1.37. The highest BCUT2D eigenvalue weighted by atomic mass is 35.5. The molecule has 164 valence electrons. The fourth-order valence-corrected chi connectivity index (χ4v) is 5.17. The smallest absolute Gasteiger partial charge is 0.193 e. The summed E-state index contributed by atoms with van der Waals surface area (Å²) in [5.74, 6) is 1.34. The topological polar surface area (TPSA) is 95.7 Å². The first kappa shape index (κ1) is 21.1. The lowest BCUT2D eigenvalue weighted by Crippen LogP contribution is -2.11. The van der Waals surface area contributed by atoms with E-state index in [1.165, 1.54) is 4.80 Å². The molecule has 1 saturated carbocycles. The number of rotatable bonds is 8. The second-order valence-corrected chi connectivity index (χ2v) is 9.59. The lowest BCUT2D eigenvalue weighted by Gasteiger charge is -2.10. The molecular formula is C22H21ClN6O2S. The van der Waals surface area contributed by atoms with Gasteiger partial charge in [-0.05, 0) is 47.9 Å². The molecule has 4 aromatic rings. The van der Waals surface area contributed by atoms with E-state index >= 15 is 0 Å². The number of methoxy groups -OCH3 is 1. The average Bonchev–Trinajstić information content (AvgIpc) is 3.12. The summed E-state index contributed by atoms with van der Waals surface area (Å²) >= 11 is 7.93. The predicted molar refractivity (Wildman–Crippen MR) is 121 cm³/mol. The van der Waals surface area contributed by atoms with Crippen molar-refractivity contribution in [3.63, 3.8) is 0 Å². The summed E-state index contributed by atoms with van der Waals surface area (Å²) in [5.41, 5.74) is 3.79. The van der Waals surface area contributed by atoms with Gasteiger partial charge in [0.25, 0.3) is 0 Å². The van der Waals surface area contributed by atoms with Gasteiger partial charge < -0.3 is 4.74 Å². The van der Waals surface area contributed by atoms with Gasteiger partial charge in [-0.3, -0.25) is 4.79 Å². The summed E-state index contributed by atoms with van der Waals surface area (Å²) in [7, 11) is 1.72. The van der Waals surface area contributed by atoms with Crippen LogP contribution in [0.2, 0.25) is 5.02 Å². The molecule has 32 heavy (non-hydrogen) atoms. The molecule has 4 heterocycles. The lowest BCUT2D eigenvalue weighted by molar-refractivity contribution is -0.117. The third-order valence-electron chi connectivity index (χ3n) is 5.60. The van der Waals surface area contributed by atoms with E-state index in [1.807, 2.05) is 13.1 Å². The van der Waals surface area contributed by atoms with E-state index in [-0.39, 0.29) is 12.2 Å². The normalized spacial score (nSPS) is 17.7. The van der Waals surface area contributed by atoms with Gasteiger partial charge in [0, 0.05) is 39.0 Å². The molecule has 1 fully saturated rings. The Labute approximate surface area is 193 Å². The maximum atomic E-state index is 13.0. The first-order chi connectivity index (χ1) is 15.5. The Bertz CT molecular complexity index is 1290. The summed E-state index contributed by atoms with van der Waals surface area (Å²) in [4.78, 5) is 28.9. The molecule has 1 aliphatic carbocycles. The van der Waals surface area contributed by atoms with Gasteiger partial charge in [-0.15, -0.1) is 4.80 Å². The average molecular weight is 469 g/mol. The number of hydrogen-bond acceptors (Lipinski definition) is 8. The van der Waals surface area contributed by atoms with Crippen LogP contribution in [0.1, 0.15) is 34.0 Å². The molecule has 4 aromatic heterocycles. The quantitative estimate of drug-likeness (QED) is 0.388. The molecule has 0 N–H and O–H groups in total. The zero-order valence-corrected chi connectivity index (χ0v) is 19.2. The van der Waals surface area contributed by atoms with Crippen molar-refractivity contribution in [3.8, 4) is 5.82 Å². The van der Waals surface area contributed by atoms with Gasteiger partial charge >= 0.3 is 0 Å². The van der Waals surface area contributed by atoms with Crippen molar-refractivity contribution in [3.05, 3.63) is 57.6 Å². The second-order valence-electron chi connectivity index (χ2n) is 8.00. The summed E-state index contributed by atoms with van der Waals surface area (Å²) in [6.07, 6.45) is 8.17. The Morgan fingerprint density at radius 3 is 2.81 bits per heavy atom. The van der Waals surface area contributed by atoms with Crippen LogP contribution in [0.4, 0.5) is 0 Å². The molecule has 10 heteroatoms. The van der Waals surface area contributed by atoms with Crippen LogP contribution in [0.3, 0.4) is 0 Å². The zero-order chi connectivity index (χ0) is 22.2. The molecule has 5 rings (SSSR count). The van der Waals surface area contributed by atoms with Crippen molar-refractivity contribution >= 4 is 39.1 Å². The van der Waals surface area contributed by atoms with E-state index < -0.39 is 0 Å². The summed E-state index contributed by atoms with van der Waals surface area (Å²) in [6, 6.07) is 1.74. The van der Waals surface area contributed by atoms with E-state index in [0.29, 0.717) is 35.7 Å². The van der Waals surface area contributed by atoms with Gasteiger partial charge in [-0.2, -0.15) is 10.2 Å². The molecule has 2 atom stereocenters. The van der Waals surface area contributed by atoms with Gasteiger partial charge in [0.2, 0.25) is 0 Å². The molecule has 0 spiro atoms. The number of hydrogen-bond donors (Lipinski definition) is 0. The van der Waals surface area contributed by atoms with Crippen LogP contribution >= 0.6 is 22.9 Å². The van der Waals surface area contributed by atoms with Gasteiger partial charge in [-0.1, -0.05) is 22.9 Å². The zero-order valence-electron chi connectivity index (χ0n) is 17.7. The third kappa shape index (κ3) is 4.15. The number of nitrogens with zero attached hydrogens (tertiary/aromatic N) is 6. The minimum Gasteiger partial charge on any atom is -0.384 e. The largest absolute Gasteiger partial charge is 0.384 e. The van der Waals surface area contributed by atoms with Crippen LogP contribution in [0.25, 0.3) is 16.2 Å². The lowest BCUT2D eigenvalue weighted by atomic mass is 9.97. The van der Waals surface area contributed by atoms with Gasteiger partial charge in [0.1, 0.15) is 16.1 Å². The highest BCUT2D eigenvalue weighted by molar-refractivity contribution is 7.18. The summed E-state index contributed by atoms with van der Waals surface area (Å²) in [6.45, 7) is 2.70. The number of Topliss-reactive ketones (excluding diaryl/α,β-unsaturated/α-hetero) is 1. The number of pyridine rings is 2. The van der Waals surface area contributed by atoms with E-state index in [4.69, 9.17) is 21.3 Å². The number of halogens is 1. The number of aromatic nitrogens is 6. The van der Waals surface area contributed by atoms with E-state index in [1.54, 1.807) is 43.1 Å². The summed E-state index contributed by atoms with van der Waals surface area (Å²) < 4.78 is 5.35. The number of carbonyl (C=O) groups is 1. The number of thiazole rings is 1. The molecule has 0 saturated heterocycles. The highest BCUT2D eigenvalue weighted by Gasteiger charge is 2.41. The second kappa shape index (κ2) is 8.65. The number of carbonyl (C=O) groups excluding carboxylic acids is 1. The van der Waals surface area contributed by atoms with Crippen molar-refractivity contribution in [1.82, 2.24) is 29.9 Å². The van der Waals surface area contributed by atoms with Gasteiger partial charge in [0.05, 0.1) is 22.4 Å². The number of aryl methyl sites for hydroxylation is 1. The Morgan fingerprint density at radius 2 is 2.06 bits per heavy atom. The highest BCUT2D eigenvalue weighted by Crippen LogP contribution is 2.50. The molecule has 1 aliphatic rings. The minimum atomic E-state index is 0.0751. The minimum absolute atomic E-state index is 0.0751. The first-order valence-corrected chi connectivity index (χ1v) is 11.5. The number of ketones is 1. The molecular weight excluding hydrogens is 448 g/mol. The van der Waals surface area contributed by atoms with E-state index in [2.05, 4.69) is 20.2 Å². The maximum absolute atomic E-state index is 13.0. The van der Waals surface area contributed by atoms with Crippen LogP contribution in [0, 0.1) is 12.8 Å². The van der Waals surface area contributed by atoms with Crippen LogP contribution in [0.5, 0.6) is 0 Å². The van der Waals surface area contributed by atoms with Crippen LogP contribution < -0.4 is 0 Å². The first-order valence-electron chi connectivity index (χ1n) is 10.3. The molecule has 1 unspecified atom stereocenters. The molecule has 0 radical (unpaired) electrons. The van der Waals surface area contributed by atoms with Crippen molar-refractivity contribution in [1.29, 1.82) is 0 Å². The Hall–Kier alpha value is -2.75. The van der Waals surface area contributed by atoms with Crippen LogP contribution in [-0.4, -0.2) is 49.4 Å². The Morgan fingerprint density at radius 1 is 1.25 bits per heavy atom. The van der Waals surface area contributed by atoms with E-state index in [9.17, 15) is 4.79 Å². The van der Waals surface area contributed by atoms with E-state index in [0.717, 1.165) is 38.5 Å². The molecule has 0 aromatic carbocycles. The molecule has 0 bridgehead atoms.